The van der Waals surface area contributed by atoms with Crippen molar-refractivity contribution >= 4 is 5.69 Å². The maximum Gasteiger partial charge on any atom is 0.416 e. The largest absolute Gasteiger partial charge is 0.416 e. The fourth-order valence-corrected chi connectivity index (χ4v) is 1.69. The van der Waals surface area contributed by atoms with Crippen LogP contribution in [0.2, 0.25) is 0 Å². The molecule has 1 aromatic carbocycles. The van der Waals surface area contributed by atoms with Gasteiger partial charge in [-0.1, -0.05) is 6.07 Å². The van der Waals surface area contributed by atoms with Crippen molar-refractivity contribution in [3.8, 4) is 0 Å². The van der Waals surface area contributed by atoms with Gasteiger partial charge in [0.15, 0.2) is 0 Å². The van der Waals surface area contributed by atoms with Gasteiger partial charge in [0, 0.05) is 24.8 Å². The number of hydrogen-bond acceptors (Lipinski definition) is 2. The van der Waals surface area contributed by atoms with E-state index in [-0.39, 0.29) is 6.04 Å². The first-order valence-corrected chi connectivity index (χ1v) is 5.50. The third kappa shape index (κ3) is 3.63. The van der Waals surface area contributed by atoms with Crippen LogP contribution in [0, 0.1) is 0 Å². The van der Waals surface area contributed by atoms with Gasteiger partial charge in [-0.15, -0.1) is 0 Å². The molecule has 0 saturated carbocycles. The fraction of sp³-hybridized carbons (Fsp3) is 0.500. The smallest absolute Gasteiger partial charge is 0.368 e. The van der Waals surface area contributed by atoms with Gasteiger partial charge in [-0.05, 0) is 32.0 Å². The summed E-state index contributed by atoms with van der Waals surface area (Å²) in [5.41, 5.74) is 5.39. The summed E-state index contributed by atoms with van der Waals surface area (Å²) in [5.74, 6) is 0. The lowest BCUT2D eigenvalue weighted by Crippen LogP contribution is -2.35. The molecule has 0 atom stereocenters. The molecule has 0 unspecified atom stereocenters. The molecule has 0 spiro atoms. The number of alkyl halides is 3. The van der Waals surface area contributed by atoms with Crippen LogP contribution in [0.1, 0.15) is 19.4 Å². The van der Waals surface area contributed by atoms with Crippen LogP contribution in [0.3, 0.4) is 0 Å². The summed E-state index contributed by atoms with van der Waals surface area (Å²) < 4.78 is 37.7. The van der Waals surface area contributed by atoms with Crippen LogP contribution in [0.4, 0.5) is 18.9 Å². The van der Waals surface area contributed by atoms with Crippen molar-refractivity contribution in [1.29, 1.82) is 0 Å². The predicted molar refractivity (Wildman–Crippen MR) is 63.0 cm³/mol. The SMILES string of the molecule is CC(C)N(CCN)c1cccc(C(F)(F)F)c1. The fourth-order valence-electron chi connectivity index (χ4n) is 1.69. The van der Waals surface area contributed by atoms with Gasteiger partial charge in [-0.2, -0.15) is 13.2 Å². The second kappa shape index (κ2) is 5.40. The Morgan fingerprint density at radius 3 is 2.41 bits per heavy atom. The summed E-state index contributed by atoms with van der Waals surface area (Å²) in [5, 5.41) is 0. The van der Waals surface area contributed by atoms with E-state index in [4.69, 9.17) is 5.73 Å². The van der Waals surface area contributed by atoms with E-state index in [0.29, 0.717) is 18.8 Å². The molecule has 0 bridgehead atoms. The molecule has 0 fully saturated rings. The molecular weight excluding hydrogens is 229 g/mol. The Labute approximate surface area is 99.2 Å². The molecule has 5 heteroatoms. The number of hydrogen-bond donors (Lipinski definition) is 1. The second-order valence-electron chi connectivity index (χ2n) is 4.12. The van der Waals surface area contributed by atoms with E-state index in [9.17, 15) is 13.2 Å². The molecule has 2 N–H and O–H groups in total. The number of anilines is 1. The number of benzene rings is 1. The average Bonchev–Trinajstić information content (AvgIpc) is 2.24. The summed E-state index contributed by atoms with van der Waals surface area (Å²) in [4.78, 5) is 1.86. The predicted octanol–water partition coefficient (Wildman–Crippen LogP) is 2.88. The van der Waals surface area contributed by atoms with Gasteiger partial charge in [-0.25, -0.2) is 0 Å². The molecule has 2 nitrogen and oxygen atoms in total. The van der Waals surface area contributed by atoms with E-state index >= 15 is 0 Å². The molecule has 1 aromatic rings. The van der Waals surface area contributed by atoms with Crippen molar-refractivity contribution in [2.24, 2.45) is 5.73 Å². The number of nitrogens with zero attached hydrogens (tertiary/aromatic N) is 1. The number of rotatable bonds is 4. The lowest BCUT2D eigenvalue weighted by atomic mass is 10.1. The quantitative estimate of drug-likeness (QED) is 0.885. The van der Waals surface area contributed by atoms with Gasteiger partial charge in [-0.3, -0.25) is 0 Å². The highest BCUT2D eigenvalue weighted by molar-refractivity contribution is 5.50. The highest BCUT2D eigenvalue weighted by Gasteiger charge is 2.30. The molecule has 96 valence electrons. The van der Waals surface area contributed by atoms with Crippen molar-refractivity contribution in [1.82, 2.24) is 0 Å². The normalized spacial score (nSPS) is 11.9. The van der Waals surface area contributed by atoms with Crippen LogP contribution in [-0.4, -0.2) is 19.1 Å². The van der Waals surface area contributed by atoms with E-state index in [1.54, 1.807) is 6.07 Å². The lowest BCUT2D eigenvalue weighted by Gasteiger charge is -2.29. The molecule has 0 radical (unpaired) electrons. The van der Waals surface area contributed by atoms with Crippen LogP contribution in [0.25, 0.3) is 0 Å². The molecule has 1 rings (SSSR count). The Bertz CT molecular complexity index is 361. The van der Waals surface area contributed by atoms with E-state index in [0.717, 1.165) is 12.1 Å². The van der Waals surface area contributed by atoms with E-state index in [1.807, 2.05) is 18.7 Å². The Kier molecular flexibility index (Phi) is 4.40. The lowest BCUT2D eigenvalue weighted by molar-refractivity contribution is -0.137. The first-order valence-electron chi connectivity index (χ1n) is 5.50. The minimum atomic E-state index is -4.30. The topological polar surface area (TPSA) is 29.3 Å². The van der Waals surface area contributed by atoms with Crippen molar-refractivity contribution in [3.63, 3.8) is 0 Å². The Hall–Kier alpha value is -1.23. The highest BCUT2D eigenvalue weighted by Crippen LogP contribution is 2.31. The maximum atomic E-state index is 12.6. The van der Waals surface area contributed by atoms with Crippen LogP contribution in [0.5, 0.6) is 0 Å². The zero-order valence-corrected chi connectivity index (χ0v) is 9.96. The summed E-state index contributed by atoms with van der Waals surface area (Å²) in [6.45, 7) is 4.80. The molecule has 0 amide bonds. The minimum Gasteiger partial charge on any atom is -0.368 e. The van der Waals surface area contributed by atoms with Gasteiger partial charge < -0.3 is 10.6 Å². The third-order valence-corrected chi connectivity index (χ3v) is 2.50. The third-order valence-electron chi connectivity index (χ3n) is 2.50. The molecule has 0 aromatic heterocycles. The van der Waals surface area contributed by atoms with Gasteiger partial charge in [0.1, 0.15) is 0 Å². The van der Waals surface area contributed by atoms with E-state index in [2.05, 4.69) is 0 Å². The zero-order valence-electron chi connectivity index (χ0n) is 9.96. The Balaban J connectivity index is 3.04. The van der Waals surface area contributed by atoms with Crippen LogP contribution >= 0.6 is 0 Å². The molecule has 17 heavy (non-hydrogen) atoms. The molecule has 0 saturated heterocycles. The maximum absolute atomic E-state index is 12.6. The standard InChI is InChI=1S/C12H17F3N2/c1-9(2)17(7-6-16)11-5-3-4-10(8-11)12(13,14)15/h3-5,8-9H,6-7,16H2,1-2H3. The van der Waals surface area contributed by atoms with Crippen LogP contribution in [0.15, 0.2) is 24.3 Å². The molecule has 0 aliphatic carbocycles. The summed E-state index contributed by atoms with van der Waals surface area (Å²) in [7, 11) is 0. The first-order chi connectivity index (χ1) is 7.86. The number of halogens is 3. The van der Waals surface area contributed by atoms with E-state index in [1.165, 1.54) is 6.07 Å². The van der Waals surface area contributed by atoms with Gasteiger partial charge >= 0.3 is 6.18 Å². The van der Waals surface area contributed by atoms with Gasteiger partial charge in [0.05, 0.1) is 5.56 Å². The monoisotopic (exact) mass is 246 g/mol. The minimum absolute atomic E-state index is 0.113. The number of nitrogens with two attached hydrogens (primary N) is 1. The summed E-state index contributed by atoms with van der Waals surface area (Å²) in [6, 6.07) is 5.44. The molecule has 0 aliphatic heterocycles. The Morgan fingerprint density at radius 2 is 1.94 bits per heavy atom. The second-order valence-corrected chi connectivity index (χ2v) is 4.12. The molecule has 0 aliphatic rings. The summed E-state index contributed by atoms with van der Waals surface area (Å²) >= 11 is 0. The first kappa shape index (κ1) is 13.8. The van der Waals surface area contributed by atoms with Crippen molar-refractivity contribution in [2.45, 2.75) is 26.1 Å². The van der Waals surface area contributed by atoms with Crippen molar-refractivity contribution < 1.29 is 13.2 Å². The van der Waals surface area contributed by atoms with Gasteiger partial charge in [0.25, 0.3) is 0 Å². The Morgan fingerprint density at radius 1 is 1.29 bits per heavy atom. The van der Waals surface area contributed by atoms with Crippen LogP contribution < -0.4 is 10.6 Å². The van der Waals surface area contributed by atoms with E-state index < -0.39 is 11.7 Å². The van der Waals surface area contributed by atoms with Crippen molar-refractivity contribution in [3.05, 3.63) is 29.8 Å². The van der Waals surface area contributed by atoms with Gasteiger partial charge in [0.2, 0.25) is 0 Å². The molecule has 0 heterocycles. The van der Waals surface area contributed by atoms with Crippen LogP contribution in [-0.2, 0) is 6.18 Å². The summed E-state index contributed by atoms with van der Waals surface area (Å²) in [6.07, 6.45) is -4.30. The zero-order chi connectivity index (χ0) is 13.1. The highest BCUT2D eigenvalue weighted by atomic mass is 19.4. The van der Waals surface area contributed by atoms with Crippen molar-refractivity contribution in [2.75, 3.05) is 18.0 Å². The average molecular weight is 246 g/mol. The molecular formula is C12H17F3N2.